The van der Waals surface area contributed by atoms with Crippen LogP contribution in [0.15, 0.2) is 23.2 Å². The summed E-state index contributed by atoms with van der Waals surface area (Å²) in [6.07, 6.45) is 5.37. The van der Waals surface area contributed by atoms with Gasteiger partial charge in [0.25, 0.3) is 0 Å². The second-order valence-corrected chi connectivity index (χ2v) is 8.34. The zero-order valence-electron chi connectivity index (χ0n) is 19.0. The van der Waals surface area contributed by atoms with Gasteiger partial charge in [-0.25, -0.2) is 4.99 Å². The van der Waals surface area contributed by atoms with Crippen LogP contribution in [0.25, 0.3) is 0 Å². The number of carbonyl (C=O) groups excluding carboxylic acids is 2. The number of esters is 1. The molecule has 1 saturated carbocycles. The molecular weight excluding hydrogens is 412 g/mol. The van der Waals surface area contributed by atoms with Crippen LogP contribution in [0.5, 0.6) is 5.75 Å². The maximum atomic E-state index is 12.7. The Kier molecular flexibility index (Phi) is 8.33. The monoisotopic (exact) mass is 446 g/mol. The molecule has 3 N–H and O–H groups in total. The summed E-state index contributed by atoms with van der Waals surface area (Å²) in [7, 11) is 1.33. The number of guanidine groups is 1. The third kappa shape index (κ3) is 5.91. The summed E-state index contributed by atoms with van der Waals surface area (Å²) in [6.45, 7) is 2.46. The quantitative estimate of drug-likeness (QED) is 0.339. The maximum absolute atomic E-state index is 12.7. The summed E-state index contributed by atoms with van der Waals surface area (Å²) in [4.78, 5) is 32.0. The molecule has 0 bridgehead atoms. The van der Waals surface area contributed by atoms with E-state index >= 15 is 0 Å². The second kappa shape index (κ2) is 11.2. The minimum absolute atomic E-state index is 0.0270. The van der Waals surface area contributed by atoms with Gasteiger partial charge < -0.3 is 30.1 Å². The first kappa shape index (κ1) is 23.8. The van der Waals surface area contributed by atoms with Gasteiger partial charge in [-0.05, 0) is 32.3 Å². The Bertz CT molecular complexity index is 836. The average Bonchev–Trinajstić information content (AvgIpc) is 2.78. The van der Waals surface area contributed by atoms with Crippen LogP contribution < -0.4 is 10.5 Å². The molecule has 1 heterocycles. The number of fused-ring (bicyclic) bond motifs is 1. The van der Waals surface area contributed by atoms with Gasteiger partial charge in [0, 0.05) is 24.6 Å². The van der Waals surface area contributed by atoms with E-state index in [4.69, 9.17) is 15.2 Å². The first-order chi connectivity index (χ1) is 15.4. The molecule has 1 aromatic rings. The zero-order valence-corrected chi connectivity index (χ0v) is 19.0. The van der Waals surface area contributed by atoms with E-state index in [0.29, 0.717) is 37.4 Å². The highest BCUT2D eigenvalue weighted by Crippen LogP contribution is 2.35. The number of benzene rings is 1. The predicted octanol–water partition coefficient (Wildman–Crippen LogP) is 2.28. The van der Waals surface area contributed by atoms with Crippen molar-refractivity contribution in [1.82, 2.24) is 9.80 Å². The van der Waals surface area contributed by atoms with Crippen molar-refractivity contribution in [2.75, 3.05) is 20.3 Å². The number of ether oxygens (including phenoxy) is 2. The van der Waals surface area contributed by atoms with Gasteiger partial charge in [0.1, 0.15) is 24.2 Å². The smallest absolute Gasteiger partial charge is 0.325 e. The lowest BCUT2D eigenvalue weighted by Gasteiger charge is -2.36. The number of hydrogen-bond donors (Lipinski definition) is 2. The van der Waals surface area contributed by atoms with Crippen molar-refractivity contribution >= 4 is 23.5 Å². The minimum Gasteiger partial charge on any atom is -0.491 e. The van der Waals surface area contributed by atoms with Crippen molar-refractivity contribution in [3.8, 4) is 5.75 Å². The van der Waals surface area contributed by atoms with Gasteiger partial charge in [-0.2, -0.15) is 0 Å². The summed E-state index contributed by atoms with van der Waals surface area (Å²) in [6, 6.07) is 5.72. The van der Waals surface area contributed by atoms with E-state index in [0.717, 1.165) is 31.2 Å². The van der Waals surface area contributed by atoms with Crippen molar-refractivity contribution in [2.24, 2.45) is 10.7 Å². The Balaban J connectivity index is 1.55. The van der Waals surface area contributed by atoms with E-state index in [1.165, 1.54) is 13.5 Å². The number of aliphatic imine (C=N–C) groups is 1. The van der Waals surface area contributed by atoms with Crippen molar-refractivity contribution in [3.05, 3.63) is 23.8 Å². The molecule has 0 spiro atoms. The summed E-state index contributed by atoms with van der Waals surface area (Å²) in [5, 5.41) is 10.1. The highest BCUT2D eigenvalue weighted by Gasteiger charge is 2.28. The third-order valence-corrected chi connectivity index (χ3v) is 5.99. The molecule has 9 nitrogen and oxygen atoms in total. The molecule has 0 radical (unpaired) electrons. The zero-order chi connectivity index (χ0) is 23.1. The third-order valence-electron chi connectivity index (χ3n) is 5.99. The van der Waals surface area contributed by atoms with Crippen LogP contribution in [0, 0.1) is 0 Å². The lowest BCUT2D eigenvalue weighted by atomic mass is 9.93. The average molecular weight is 447 g/mol. The fourth-order valence-electron chi connectivity index (χ4n) is 4.38. The molecule has 176 valence electrons. The minimum atomic E-state index is -0.780. The van der Waals surface area contributed by atoms with E-state index in [9.17, 15) is 14.7 Å². The van der Waals surface area contributed by atoms with Crippen molar-refractivity contribution in [3.63, 3.8) is 0 Å². The molecule has 0 saturated heterocycles. The molecule has 1 atom stereocenters. The van der Waals surface area contributed by atoms with Crippen LogP contribution in [0.4, 0.5) is 5.69 Å². The second-order valence-electron chi connectivity index (χ2n) is 8.34. The molecule has 1 aromatic carbocycles. The van der Waals surface area contributed by atoms with Crippen LogP contribution in [0.2, 0.25) is 0 Å². The van der Waals surface area contributed by atoms with Crippen molar-refractivity contribution in [2.45, 2.75) is 70.7 Å². The molecule has 1 fully saturated rings. The van der Waals surface area contributed by atoms with Gasteiger partial charge in [0.05, 0.1) is 13.7 Å². The SMILES string of the molecule is COC(=O)CN1Cc2cccc(OCCCC(=O)N(C(C)O)C3CCCCC3)c2N=C1N. The lowest BCUT2D eigenvalue weighted by Crippen LogP contribution is -2.46. The fourth-order valence-corrected chi connectivity index (χ4v) is 4.38. The van der Waals surface area contributed by atoms with Gasteiger partial charge >= 0.3 is 5.97 Å². The molecule has 9 heteroatoms. The van der Waals surface area contributed by atoms with E-state index in [1.54, 1.807) is 16.7 Å². The Morgan fingerprint density at radius 2 is 2.06 bits per heavy atom. The maximum Gasteiger partial charge on any atom is 0.325 e. The lowest BCUT2D eigenvalue weighted by molar-refractivity contribution is -0.145. The van der Waals surface area contributed by atoms with Crippen molar-refractivity contribution < 1.29 is 24.2 Å². The molecule has 1 amide bonds. The van der Waals surface area contributed by atoms with Crippen LogP contribution in [-0.2, 0) is 20.9 Å². The van der Waals surface area contributed by atoms with Gasteiger partial charge in [-0.15, -0.1) is 0 Å². The molecule has 2 aliphatic rings. The summed E-state index contributed by atoms with van der Waals surface area (Å²) in [5.41, 5.74) is 7.57. The molecule has 1 aliphatic carbocycles. The Morgan fingerprint density at radius 1 is 1.31 bits per heavy atom. The summed E-state index contributed by atoms with van der Waals surface area (Å²) >= 11 is 0. The topological polar surface area (TPSA) is 118 Å². The number of carbonyl (C=O) groups is 2. The predicted molar refractivity (Wildman–Crippen MR) is 120 cm³/mol. The van der Waals surface area contributed by atoms with Crippen LogP contribution in [-0.4, -0.2) is 65.3 Å². The number of aliphatic hydroxyl groups excluding tert-OH is 1. The molecular formula is C23H34N4O5. The largest absolute Gasteiger partial charge is 0.491 e. The van der Waals surface area contributed by atoms with E-state index in [-0.39, 0.29) is 30.4 Å². The summed E-state index contributed by atoms with van der Waals surface area (Å²) < 4.78 is 10.6. The Hall–Kier alpha value is -2.81. The van der Waals surface area contributed by atoms with Gasteiger partial charge in [-0.1, -0.05) is 31.4 Å². The van der Waals surface area contributed by atoms with Gasteiger partial charge in [-0.3, -0.25) is 9.59 Å². The number of amides is 1. The number of rotatable bonds is 9. The number of aliphatic hydroxyl groups is 1. The number of hydrogen-bond acceptors (Lipinski definition) is 8. The standard InChI is InChI=1S/C23H34N4O5/c1-16(28)27(18-9-4-3-5-10-18)20(29)12-7-13-32-19-11-6-8-17-14-26(15-21(30)31-2)23(24)25-22(17)19/h6,8,11,16,18,28H,3-5,7,9-10,12-15H2,1-2H3,(H2,24,25). The number of para-hydroxylation sites is 1. The van der Waals surface area contributed by atoms with Gasteiger partial charge in [0.2, 0.25) is 5.91 Å². The Morgan fingerprint density at radius 3 is 2.75 bits per heavy atom. The van der Waals surface area contributed by atoms with Crippen LogP contribution >= 0.6 is 0 Å². The van der Waals surface area contributed by atoms with Crippen LogP contribution in [0.3, 0.4) is 0 Å². The van der Waals surface area contributed by atoms with Crippen LogP contribution in [0.1, 0.15) is 57.4 Å². The molecule has 0 aromatic heterocycles. The van der Waals surface area contributed by atoms with Gasteiger partial charge in [0.15, 0.2) is 5.96 Å². The number of nitrogens with two attached hydrogens (primary N) is 1. The number of methoxy groups -OCH3 is 1. The van der Waals surface area contributed by atoms with Crippen molar-refractivity contribution in [1.29, 1.82) is 0 Å². The van der Waals surface area contributed by atoms with E-state index < -0.39 is 6.23 Å². The fraction of sp³-hybridized carbons (Fsp3) is 0.609. The summed E-state index contributed by atoms with van der Waals surface area (Å²) in [5.74, 6) is 0.402. The first-order valence-electron chi connectivity index (χ1n) is 11.3. The molecule has 3 rings (SSSR count). The first-order valence-corrected chi connectivity index (χ1v) is 11.3. The Labute approximate surface area is 189 Å². The number of nitrogens with zero attached hydrogens (tertiary/aromatic N) is 3. The normalized spacial score (nSPS) is 17.2. The molecule has 32 heavy (non-hydrogen) atoms. The highest BCUT2D eigenvalue weighted by molar-refractivity contribution is 5.88. The molecule has 1 aliphatic heterocycles. The molecule has 1 unspecified atom stereocenters. The highest BCUT2D eigenvalue weighted by atomic mass is 16.5. The van der Waals surface area contributed by atoms with E-state index in [1.807, 2.05) is 18.2 Å². The van der Waals surface area contributed by atoms with E-state index in [2.05, 4.69) is 4.99 Å².